The van der Waals surface area contributed by atoms with Gasteiger partial charge in [0.25, 0.3) is 0 Å². The van der Waals surface area contributed by atoms with Crippen LogP contribution in [0.4, 0.5) is 5.82 Å². The monoisotopic (exact) mass is 583 g/mol. The number of fused-ring (bicyclic) bond motifs is 2. The Balaban J connectivity index is 1.20. The number of aromatic amines is 1. The first-order chi connectivity index (χ1) is 19.3. The van der Waals surface area contributed by atoms with Gasteiger partial charge in [-0.1, -0.05) is 12.1 Å². The summed E-state index contributed by atoms with van der Waals surface area (Å²) in [4.78, 5) is 16.3. The first-order valence-electron chi connectivity index (χ1n) is 14.1. The summed E-state index contributed by atoms with van der Waals surface area (Å²) < 4.78 is 29.6. The summed E-state index contributed by atoms with van der Waals surface area (Å²) in [6.45, 7) is 5.89. The van der Waals surface area contributed by atoms with E-state index in [4.69, 9.17) is 20.4 Å². The largest absolute Gasteiger partial charge is 0.378 e. The molecule has 1 unspecified atom stereocenters. The first-order valence-corrected chi connectivity index (χ1v) is 16.9. The van der Waals surface area contributed by atoms with Gasteiger partial charge in [0.1, 0.15) is 9.84 Å². The van der Waals surface area contributed by atoms with Crippen LogP contribution in [-0.2, 0) is 21.1 Å². The molecule has 3 N–H and O–H groups in total. The summed E-state index contributed by atoms with van der Waals surface area (Å²) in [6.07, 6.45) is 6.64. The third-order valence-corrected chi connectivity index (χ3v) is 10.2. The number of morpholine rings is 1. The number of hydrogen-bond acceptors (Lipinski definition) is 10. The summed E-state index contributed by atoms with van der Waals surface area (Å²) in [5.74, 6) is 2.37. The second-order valence-corrected chi connectivity index (χ2v) is 14.5. The Kier molecular flexibility index (Phi) is 8.04. The molecule has 2 fully saturated rings. The quantitative estimate of drug-likeness (QED) is 0.304. The van der Waals surface area contributed by atoms with E-state index in [9.17, 15) is 8.42 Å². The van der Waals surface area contributed by atoms with E-state index < -0.39 is 9.84 Å². The molecule has 2 aliphatic rings. The van der Waals surface area contributed by atoms with E-state index in [2.05, 4.69) is 32.1 Å². The van der Waals surface area contributed by atoms with E-state index in [-0.39, 0.29) is 11.8 Å². The molecule has 6 rings (SSSR count). The molecule has 4 aromatic rings. The van der Waals surface area contributed by atoms with Crippen molar-refractivity contribution in [2.24, 2.45) is 11.7 Å². The lowest BCUT2D eigenvalue weighted by atomic mass is 9.87. The average Bonchev–Trinajstić information content (AvgIpc) is 3.59. The summed E-state index contributed by atoms with van der Waals surface area (Å²) >= 11 is 1.79. The molecule has 0 radical (unpaired) electrons. The highest BCUT2D eigenvalue weighted by Crippen LogP contribution is 2.36. The maximum atomic E-state index is 11.4. The molecular formula is C28H37N7O3S2. The lowest BCUT2D eigenvalue weighted by Crippen LogP contribution is -2.40. The van der Waals surface area contributed by atoms with Gasteiger partial charge in [-0.25, -0.2) is 18.4 Å². The molecule has 40 heavy (non-hydrogen) atoms. The molecule has 2 aliphatic heterocycles. The van der Waals surface area contributed by atoms with Crippen LogP contribution in [0.3, 0.4) is 0 Å². The Hall–Kier alpha value is -2.64. The molecule has 3 aromatic heterocycles. The Labute approximate surface area is 238 Å². The van der Waals surface area contributed by atoms with Gasteiger partial charge in [0.05, 0.1) is 35.1 Å². The molecule has 0 saturated carbocycles. The number of piperidine rings is 1. The number of nitrogens with zero attached hydrogens (tertiary/aromatic N) is 5. The third kappa shape index (κ3) is 6.15. The SMILES string of the molecule is CS(=O)(=O)CCCC(N)C1CCN(Cc2cc3nc(-c4cccc5[nH]ncc45)nc(N4CCOCC4)c3s2)CC1. The fraction of sp³-hybridized carbons (Fsp3) is 0.536. The molecule has 10 nitrogen and oxygen atoms in total. The highest BCUT2D eigenvalue weighted by molar-refractivity contribution is 7.90. The van der Waals surface area contributed by atoms with Crippen molar-refractivity contribution in [1.82, 2.24) is 25.1 Å². The predicted octanol–water partition coefficient (Wildman–Crippen LogP) is 3.44. The van der Waals surface area contributed by atoms with Crippen LogP contribution in [-0.4, -0.2) is 90.9 Å². The van der Waals surface area contributed by atoms with Crippen molar-refractivity contribution in [3.05, 3.63) is 35.3 Å². The smallest absolute Gasteiger partial charge is 0.162 e. The molecule has 5 heterocycles. The van der Waals surface area contributed by atoms with Gasteiger partial charge in [0.2, 0.25) is 0 Å². The van der Waals surface area contributed by atoms with Crippen molar-refractivity contribution >= 4 is 48.1 Å². The van der Waals surface area contributed by atoms with Crippen LogP contribution in [0.15, 0.2) is 30.5 Å². The number of thiophene rings is 1. The van der Waals surface area contributed by atoms with Crippen molar-refractivity contribution in [2.45, 2.75) is 38.3 Å². The maximum absolute atomic E-state index is 11.4. The van der Waals surface area contributed by atoms with Gasteiger partial charge in [0.15, 0.2) is 11.6 Å². The van der Waals surface area contributed by atoms with Crippen LogP contribution in [0, 0.1) is 5.92 Å². The summed E-state index contributed by atoms with van der Waals surface area (Å²) in [5.41, 5.74) is 9.39. The van der Waals surface area contributed by atoms with Crippen molar-refractivity contribution in [3.63, 3.8) is 0 Å². The van der Waals surface area contributed by atoms with Crippen molar-refractivity contribution in [3.8, 4) is 11.4 Å². The standard InChI is InChI=1S/C28H37N7O3S2/c1-40(36,37)15-3-5-23(29)19-7-9-34(10-8-19)18-20-16-25-26(39-20)28(35-11-13-38-14-12-35)32-27(31-25)21-4-2-6-24-22(21)17-30-33-24/h2,4,6,16-17,19,23H,3,5,7-15,18,29H2,1H3,(H,30,33). The fourth-order valence-corrected chi connectivity index (χ4v) is 7.74. The number of ether oxygens (including phenoxy) is 1. The highest BCUT2D eigenvalue weighted by atomic mass is 32.2. The van der Waals surface area contributed by atoms with E-state index in [1.165, 1.54) is 11.1 Å². The van der Waals surface area contributed by atoms with E-state index >= 15 is 0 Å². The zero-order valence-electron chi connectivity index (χ0n) is 22.9. The van der Waals surface area contributed by atoms with Gasteiger partial charge in [0, 0.05) is 53.5 Å². The van der Waals surface area contributed by atoms with Crippen LogP contribution < -0.4 is 10.6 Å². The molecule has 214 valence electrons. The van der Waals surface area contributed by atoms with E-state index in [1.54, 1.807) is 11.3 Å². The average molecular weight is 584 g/mol. The molecule has 1 aromatic carbocycles. The molecule has 0 bridgehead atoms. The van der Waals surface area contributed by atoms with E-state index in [1.807, 2.05) is 18.3 Å². The molecule has 2 saturated heterocycles. The number of hydrogen-bond donors (Lipinski definition) is 2. The van der Waals surface area contributed by atoms with Crippen LogP contribution >= 0.6 is 11.3 Å². The van der Waals surface area contributed by atoms with Gasteiger partial charge in [-0.3, -0.25) is 10.00 Å². The number of nitrogens with one attached hydrogen (secondary N) is 1. The molecule has 1 atom stereocenters. The minimum atomic E-state index is -2.93. The minimum Gasteiger partial charge on any atom is -0.378 e. The molecule has 0 spiro atoms. The Morgan fingerprint density at radius 1 is 1.18 bits per heavy atom. The summed E-state index contributed by atoms with van der Waals surface area (Å²) in [5, 5.41) is 8.30. The number of aromatic nitrogens is 4. The van der Waals surface area contributed by atoms with Gasteiger partial charge >= 0.3 is 0 Å². The van der Waals surface area contributed by atoms with Crippen molar-refractivity contribution in [1.29, 1.82) is 0 Å². The minimum absolute atomic E-state index is 0.0673. The van der Waals surface area contributed by atoms with Crippen LogP contribution in [0.1, 0.15) is 30.6 Å². The second kappa shape index (κ2) is 11.7. The van der Waals surface area contributed by atoms with Crippen LogP contribution in [0.25, 0.3) is 32.5 Å². The highest BCUT2D eigenvalue weighted by Gasteiger charge is 2.26. The number of H-pyrrole nitrogens is 1. The first kappa shape index (κ1) is 27.5. The van der Waals surface area contributed by atoms with E-state index in [0.717, 1.165) is 90.3 Å². The molecule has 0 amide bonds. The second-order valence-electron chi connectivity index (χ2n) is 11.1. The summed E-state index contributed by atoms with van der Waals surface area (Å²) in [7, 11) is -2.93. The number of benzene rings is 1. The van der Waals surface area contributed by atoms with Gasteiger partial charge in [-0.2, -0.15) is 5.10 Å². The Morgan fingerprint density at radius 3 is 2.75 bits per heavy atom. The normalized spacial score (nSPS) is 18.6. The lowest BCUT2D eigenvalue weighted by Gasteiger charge is -2.34. The number of anilines is 1. The predicted molar refractivity (Wildman–Crippen MR) is 160 cm³/mol. The Bertz CT molecular complexity index is 1570. The lowest BCUT2D eigenvalue weighted by molar-refractivity contribution is 0.122. The Morgan fingerprint density at radius 2 is 1.98 bits per heavy atom. The van der Waals surface area contributed by atoms with Gasteiger partial charge in [-0.05, 0) is 56.8 Å². The third-order valence-electron chi connectivity index (χ3n) is 8.11. The van der Waals surface area contributed by atoms with Gasteiger partial charge in [-0.15, -0.1) is 11.3 Å². The zero-order chi connectivity index (χ0) is 27.7. The van der Waals surface area contributed by atoms with Crippen molar-refractivity contribution in [2.75, 3.05) is 56.3 Å². The summed E-state index contributed by atoms with van der Waals surface area (Å²) in [6, 6.07) is 8.39. The molecule has 0 aliphatic carbocycles. The molecule has 12 heteroatoms. The number of likely N-dealkylation sites (tertiary alicyclic amines) is 1. The topological polar surface area (TPSA) is 130 Å². The fourth-order valence-electron chi connectivity index (χ4n) is 5.89. The van der Waals surface area contributed by atoms with Crippen LogP contribution in [0.5, 0.6) is 0 Å². The van der Waals surface area contributed by atoms with E-state index in [0.29, 0.717) is 25.6 Å². The molecular weight excluding hydrogens is 546 g/mol. The van der Waals surface area contributed by atoms with Gasteiger partial charge < -0.3 is 15.4 Å². The number of rotatable bonds is 9. The van der Waals surface area contributed by atoms with Crippen LogP contribution in [0.2, 0.25) is 0 Å². The number of sulfone groups is 1. The van der Waals surface area contributed by atoms with Crippen molar-refractivity contribution < 1.29 is 13.2 Å². The maximum Gasteiger partial charge on any atom is 0.162 e. The zero-order valence-corrected chi connectivity index (χ0v) is 24.5. The number of nitrogens with two attached hydrogens (primary N) is 1.